The van der Waals surface area contributed by atoms with Gasteiger partial charge in [-0.2, -0.15) is 0 Å². The van der Waals surface area contributed by atoms with E-state index in [4.69, 9.17) is 0 Å². The Bertz CT molecular complexity index is 720. The summed E-state index contributed by atoms with van der Waals surface area (Å²) in [6.07, 6.45) is 1.04. The van der Waals surface area contributed by atoms with Crippen molar-refractivity contribution in [3.8, 4) is 0 Å². The third-order valence-corrected chi connectivity index (χ3v) is 5.69. The number of carbonyl (C=O) groups excluding carboxylic acids is 1. The van der Waals surface area contributed by atoms with Crippen molar-refractivity contribution >= 4 is 23.4 Å². The van der Waals surface area contributed by atoms with Crippen molar-refractivity contribution in [3.05, 3.63) is 59.9 Å². The third-order valence-electron chi connectivity index (χ3n) is 4.52. The van der Waals surface area contributed by atoms with E-state index in [1.807, 2.05) is 30.3 Å². The molecule has 1 aliphatic heterocycles. The van der Waals surface area contributed by atoms with E-state index >= 15 is 0 Å². The number of hydrogen-bond donors (Lipinski definition) is 1. The van der Waals surface area contributed by atoms with E-state index in [2.05, 4.69) is 23.2 Å². The summed E-state index contributed by atoms with van der Waals surface area (Å²) in [5.41, 5.74) is 2.25. The molecule has 0 aliphatic carbocycles. The molecular weight excluding hydrogens is 335 g/mol. The maximum atomic E-state index is 13.0. The van der Waals surface area contributed by atoms with Gasteiger partial charge in [0.25, 0.3) is 0 Å². The zero-order valence-corrected chi connectivity index (χ0v) is 15.2. The maximum absolute atomic E-state index is 13.0. The van der Waals surface area contributed by atoms with Gasteiger partial charge >= 0.3 is 0 Å². The first-order valence-electron chi connectivity index (χ1n) is 8.57. The van der Waals surface area contributed by atoms with Gasteiger partial charge in [0, 0.05) is 30.2 Å². The van der Waals surface area contributed by atoms with Crippen LogP contribution in [0.5, 0.6) is 0 Å². The summed E-state index contributed by atoms with van der Waals surface area (Å²) >= 11 is 1.58. The largest absolute Gasteiger partial charge is 0.371 e. The summed E-state index contributed by atoms with van der Waals surface area (Å²) in [6, 6.07) is 14.7. The number of amides is 1. The van der Waals surface area contributed by atoms with Crippen LogP contribution in [0.15, 0.2) is 53.4 Å². The van der Waals surface area contributed by atoms with Crippen molar-refractivity contribution in [2.24, 2.45) is 5.92 Å². The number of hydrogen-bond acceptors (Lipinski definition) is 3. The second kappa shape index (κ2) is 8.39. The monoisotopic (exact) mass is 358 g/mol. The van der Waals surface area contributed by atoms with Crippen molar-refractivity contribution in [3.63, 3.8) is 0 Å². The lowest BCUT2D eigenvalue weighted by atomic mass is 10.1. The summed E-state index contributed by atoms with van der Waals surface area (Å²) < 4.78 is 13.0. The van der Waals surface area contributed by atoms with Crippen molar-refractivity contribution in [1.29, 1.82) is 0 Å². The van der Waals surface area contributed by atoms with Gasteiger partial charge < -0.3 is 10.2 Å². The minimum atomic E-state index is -0.210. The predicted octanol–water partition coefficient (Wildman–Crippen LogP) is 3.87. The second-order valence-corrected chi connectivity index (χ2v) is 7.45. The molecule has 1 N–H and O–H groups in total. The molecule has 1 amide bonds. The number of anilines is 1. The van der Waals surface area contributed by atoms with Crippen LogP contribution in [0.1, 0.15) is 12.0 Å². The third kappa shape index (κ3) is 4.98. The minimum Gasteiger partial charge on any atom is -0.371 e. The summed E-state index contributed by atoms with van der Waals surface area (Å²) in [7, 11) is 0. The summed E-state index contributed by atoms with van der Waals surface area (Å²) in [5, 5.41) is 3.05. The number of thioether (sulfide) groups is 1. The van der Waals surface area contributed by atoms with Gasteiger partial charge in [0.05, 0.1) is 5.75 Å². The molecule has 1 heterocycles. The van der Waals surface area contributed by atoms with Crippen LogP contribution in [0.25, 0.3) is 0 Å². The highest BCUT2D eigenvalue weighted by atomic mass is 32.2. The van der Waals surface area contributed by atoms with Crippen molar-refractivity contribution < 1.29 is 9.18 Å². The fourth-order valence-electron chi connectivity index (χ4n) is 3.06. The van der Waals surface area contributed by atoms with Crippen LogP contribution >= 0.6 is 11.8 Å². The SMILES string of the molecule is Cc1ccccc1SCC(=O)NCC1CCN(c2ccc(F)cc2)C1. The Balaban J connectivity index is 1.41. The summed E-state index contributed by atoms with van der Waals surface area (Å²) in [5.74, 6) is 0.753. The van der Waals surface area contributed by atoms with Crippen molar-refractivity contribution in [2.75, 3.05) is 30.3 Å². The molecule has 3 rings (SSSR count). The number of nitrogens with zero attached hydrogens (tertiary/aromatic N) is 1. The molecule has 132 valence electrons. The highest BCUT2D eigenvalue weighted by Gasteiger charge is 2.23. The number of aryl methyl sites for hydroxylation is 1. The maximum Gasteiger partial charge on any atom is 0.230 e. The second-order valence-electron chi connectivity index (χ2n) is 6.44. The van der Waals surface area contributed by atoms with E-state index in [0.29, 0.717) is 18.2 Å². The molecule has 0 radical (unpaired) electrons. The predicted molar refractivity (Wildman–Crippen MR) is 102 cm³/mol. The smallest absolute Gasteiger partial charge is 0.230 e. The van der Waals surface area contributed by atoms with E-state index in [-0.39, 0.29) is 11.7 Å². The van der Waals surface area contributed by atoms with Crippen LogP contribution in [0.2, 0.25) is 0 Å². The summed E-state index contributed by atoms with van der Waals surface area (Å²) in [4.78, 5) is 15.5. The molecule has 2 aromatic rings. The lowest BCUT2D eigenvalue weighted by molar-refractivity contribution is -0.118. The van der Waals surface area contributed by atoms with Gasteiger partial charge in [-0.15, -0.1) is 11.8 Å². The molecule has 1 unspecified atom stereocenters. The lowest BCUT2D eigenvalue weighted by Gasteiger charge is -2.18. The topological polar surface area (TPSA) is 32.3 Å². The first-order chi connectivity index (χ1) is 12.1. The first-order valence-corrected chi connectivity index (χ1v) is 9.56. The molecule has 0 saturated carbocycles. The zero-order valence-electron chi connectivity index (χ0n) is 14.4. The molecule has 1 aliphatic rings. The Kier molecular flexibility index (Phi) is 5.97. The fourth-order valence-corrected chi connectivity index (χ4v) is 3.92. The fraction of sp³-hybridized carbons (Fsp3) is 0.350. The van der Waals surface area contributed by atoms with Gasteiger partial charge in [-0.3, -0.25) is 4.79 Å². The van der Waals surface area contributed by atoms with E-state index in [1.54, 1.807) is 11.8 Å². The van der Waals surface area contributed by atoms with Crippen molar-refractivity contribution in [1.82, 2.24) is 5.32 Å². The zero-order chi connectivity index (χ0) is 17.6. The van der Waals surface area contributed by atoms with Gasteiger partial charge in [-0.1, -0.05) is 18.2 Å². The minimum absolute atomic E-state index is 0.0773. The van der Waals surface area contributed by atoms with E-state index in [9.17, 15) is 9.18 Å². The van der Waals surface area contributed by atoms with Crippen LogP contribution in [0.3, 0.4) is 0 Å². The van der Waals surface area contributed by atoms with Gasteiger partial charge in [-0.05, 0) is 55.2 Å². The molecule has 25 heavy (non-hydrogen) atoms. The van der Waals surface area contributed by atoms with Gasteiger partial charge in [-0.25, -0.2) is 4.39 Å². The first kappa shape index (κ1) is 17.8. The average Bonchev–Trinajstić information content (AvgIpc) is 3.09. The Morgan fingerprint density at radius 2 is 2.00 bits per heavy atom. The standard InChI is InChI=1S/C20H23FN2OS/c1-15-4-2-3-5-19(15)25-14-20(24)22-12-16-10-11-23(13-16)18-8-6-17(21)7-9-18/h2-9,16H,10-14H2,1H3,(H,22,24). The normalized spacial score (nSPS) is 16.9. The highest BCUT2D eigenvalue weighted by molar-refractivity contribution is 8.00. The number of halogens is 1. The molecule has 0 bridgehead atoms. The Hall–Kier alpha value is -2.01. The molecule has 3 nitrogen and oxygen atoms in total. The van der Waals surface area contributed by atoms with E-state index in [0.717, 1.165) is 30.1 Å². The Morgan fingerprint density at radius 3 is 2.76 bits per heavy atom. The van der Waals surface area contributed by atoms with Crippen LogP contribution in [0, 0.1) is 18.7 Å². The quantitative estimate of drug-likeness (QED) is 0.796. The number of rotatable bonds is 6. The number of nitrogens with one attached hydrogen (secondary N) is 1. The molecule has 2 aromatic carbocycles. The molecule has 1 atom stereocenters. The van der Waals surface area contributed by atoms with E-state index < -0.39 is 0 Å². The van der Waals surface area contributed by atoms with E-state index in [1.165, 1.54) is 17.7 Å². The number of benzene rings is 2. The molecule has 1 fully saturated rings. The van der Waals surface area contributed by atoms with Crippen LogP contribution in [-0.4, -0.2) is 31.3 Å². The van der Waals surface area contributed by atoms with Crippen molar-refractivity contribution in [2.45, 2.75) is 18.2 Å². The molecule has 0 spiro atoms. The highest BCUT2D eigenvalue weighted by Crippen LogP contribution is 2.24. The molecule has 0 aromatic heterocycles. The number of carbonyl (C=O) groups is 1. The van der Waals surface area contributed by atoms with Gasteiger partial charge in [0.15, 0.2) is 0 Å². The molecule has 1 saturated heterocycles. The summed E-state index contributed by atoms with van der Waals surface area (Å²) in [6.45, 7) is 4.61. The van der Waals surface area contributed by atoms with Crippen LogP contribution < -0.4 is 10.2 Å². The Morgan fingerprint density at radius 1 is 1.24 bits per heavy atom. The lowest BCUT2D eigenvalue weighted by Crippen LogP contribution is -2.32. The average molecular weight is 358 g/mol. The Labute approximate surface area is 152 Å². The molecule has 5 heteroatoms. The van der Waals surface area contributed by atoms with Crippen LogP contribution in [0.4, 0.5) is 10.1 Å². The van der Waals surface area contributed by atoms with Gasteiger partial charge in [0.2, 0.25) is 5.91 Å². The molecular formula is C20H23FN2OS. The van der Waals surface area contributed by atoms with Gasteiger partial charge in [0.1, 0.15) is 5.82 Å². The van der Waals surface area contributed by atoms with Crippen LogP contribution in [-0.2, 0) is 4.79 Å².